The van der Waals surface area contributed by atoms with E-state index in [0.717, 1.165) is 41.2 Å². The second-order valence-corrected chi connectivity index (χ2v) is 8.74. The lowest BCUT2D eigenvalue weighted by molar-refractivity contribution is -0.137. The summed E-state index contributed by atoms with van der Waals surface area (Å²) < 4.78 is 40.9. The quantitative estimate of drug-likeness (QED) is 0.345. The van der Waals surface area contributed by atoms with Gasteiger partial charge in [0.05, 0.1) is 5.56 Å². The first-order valence-electron chi connectivity index (χ1n) is 10.6. The fourth-order valence-corrected chi connectivity index (χ4v) is 4.88. The molecule has 4 aromatic rings. The molecular formula is C26H22ClF3N2. The summed E-state index contributed by atoms with van der Waals surface area (Å²) in [6, 6.07) is 21.8. The first-order valence-corrected chi connectivity index (χ1v) is 11.0. The van der Waals surface area contributed by atoms with Crippen LogP contribution in [0.3, 0.4) is 0 Å². The highest BCUT2D eigenvalue weighted by atomic mass is 35.5. The minimum Gasteiger partial charge on any atom is -0.343 e. The Morgan fingerprint density at radius 3 is 2.38 bits per heavy atom. The number of hydrogen-bond donors (Lipinski definition) is 1. The first-order chi connectivity index (χ1) is 15.4. The van der Waals surface area contributed by atoms with Gasteiger partial charge >= 0.3 is 6.18 Å². The van der Waals surface area contributed by atoms with Crippen LogP contribution >= 0.6 is 11.6 Å². The second-order valence-electron chi connectivity index (χ2n) is 8.30. The summed E-state index contributed by atoms with van der Waals surface area (Å²) >= 11 is 6.08. The van der Waals surface area contributed by atoms with Crippen molar-refractivity contribution in [3.63, 3.8) is 0 Å². The summed E-state index contributed by atoms with van der Waals surface area (Å²) in [5.74, 6) is 0.301. The number of fused-ring (bicyclic) bond motifs is 1. The molecule has 0 saturated carbocycles. The van der Waals surface area contributed by atoms with Crippen molar-refractivity contribution in [2.45, 2.75) is 31.1 Å². The van der Waals surface area contributed by atoms with Gasteiger partial charge in [-0.05, 0) is 60.0 Å². The van der Waals surface area contributed by atoms with Crippen molar-refractivity contribution >= 4 is 22.5 Å². The predicted molar refractivity (Wildman–Crippen MR) is 122 cm³/mol. The number of nitrogens with zero attached hydrogens (tertiary/aromatic N) is 1. The molecule has 0 aliphatic carbocycles. The van der Waals surface area contributed by atoms with Crippen LogP contribution in [0, 0.1) is 0 Å². The van der Waals surface area contributed by atoms with Gasteiger partial charge in [-0.15, -0.1) is 0 Å². The molecule has 6 heteroatoms. The van der Waals surface area contributed by atoms with E-state index in [1.165, 1.54) is 16.5 Å². The third-order valence-electron chi connectivity index (χ3n) is 6.30. The third-order valence-corrected chi connectivity index (χ3v) is 6.56. The van der Waals surface area contributed by atoms with E-state index in [4.69, 9.17) is 11.6 Å². The fraction of sp³-hybridized carbons (Fsp3) is 0.231. The molecule has 164 valence electrons. The smallest absolute Gasteiger partial charge is 0.343 e. The molecule has 3 aromatic carbocycles. The van der Waals surface area contributed by atoms with Crippen LogP contribution in [0.1, 0.15) is 40.6 Å². The van der Waals surface area contributed by atoms with Crippen LogP contribution in [0.4, 0.5) is 13.2 Å². The number of rotatable bonds is 4. The van der Waals surface area contributed by atoms with Crippen LogP contribution in [0.2, 0.25) is 5.02 Å². The van der Waals surface area contributed by atoms with Gasteiger partial charge in [-0.3, -0.25) is 0 Å². The highest BCUT2D eigenvalue weighted by molar-refractivity contribution is 6.30. The standard InChI is InChI=1S/C26H22ClF3N2/c27-20-11-7-18(8-12-20)25-22(13-14-31-25)23-16-32(24-4-2-1-3-21(23)24)15-17-5-9-19(10-6-17)26(28,29)30/h1-12,16,22,25,31H,13-15H2. The van der Waals surface area contributed by atoms with E-state index >= 15 is 0 Å². The Kier molecular flexibility index (Phi) is 5.48. The maximum absolute atomic E-state index is 12.9. The first kappa shape index (κ1) is 21.1. The van der Waals surface area contributed by atoms with Gasteiger partial charge < -0.3 is 9.88 Å². The molecule has 2 nitrogen and oxygen atoms in total. The van der Waals surface area contributed by atoms with E-state index in [2.05, 4.69) is 40.3 Å². The van der Waals surface area contributed by atoms with Crippen LogP contribution in [-0.4, -0.2) is 11.1 Å². The lowest BCUT2D eigenvalue weighted by Gasteiger charge is -2.20. The minimum absolute atomic E-state index is 0.192. The van der Waals surface area contributed by atoms with E-state index < -0.39 is 11.7 Å². The highest BCUT2D eigenvalue weighted by Gasteiger charge is 2.32. The third kappa shape index (κ3) is 4.03. The molecule has 32 heavy (non-hydrogen) atoms. The second kappa shape index (κ2) is 8.30. The molecule has 1 aliphatic rings. The van der Waals surface area contributed by atoms with Gasteiger partial charge in [0.15, 0.2) is 0 Å². The Morgan fingerprint density at radius 2 is 1.66 bits per heavy atom. The summed E-state index contributed by atoms with van der Waals surface area (Å²) in [4.78, 5) is 0. The highest BCUT2D eigenvalue weighted by Crippen LogP contribution is 2.41. The van der Waals surface area contributed by atoms with Gasteiger partial charge in [-0.1, -0.05) is 54.1 Å². The van der Waals surface area contributed by atoms with Crippen LogP contribution in [0.5, 0.6) is 0 Å². The number of alkyl halides is 3. The predicted octanol–water partition coefficient (Wildman–Crippen LogP) is 7.18. The normalized spacial score (nSPS) is 19.0. The van der Waals surface area contributed by atoms with E-state index in [-0.39, 0.29) is 6.04 Å². The van der Waals surface area contributed by atoms with Crippen molar-refractivity contribution < 1.29 is 13.2 Å². The topological polar surface area (TPSA) is 17.0 Å². The van der Waals surface area contributed by atoms with Crippen molar-refractivity contribution in [3.05, 3.63) is 106 Å². The van der Waals surface area contributed by atoms with E-state index in [1.54, 1.807) is 12.1 Å². The van der Waals surface area contributed by atoms with Crippen LogP contribution in [0.25, 0.3) is 10.9 Å². The van der Waals surface area contributed by atoms with Gasteiger partial charge in [0, 0.05) is 40.6 Å². The minimum atomic E-state index is -4.32. The maximum atomic E-state index is 12.9. The maximum Gasteiger partial charge on any atom is 0.416 e. The SMILES string of the molecule is FC(F)(F)c1ccc(Cn2cc(C3CCNC3c3ccc(Cl)cc3)c3ccccc32)cc1. The van der Waals surface area contributed by atoms with Crippen molar-refractivity contribution in [3.8, 4) is 0 Å². The molecule has 2 heterocycles. The molecule has 1 saturated heterocycles. The molecule has 1 aliphatic heterocycles. The Balaban J connectivity index is 1.49. The molecule has 1 N–H and O–H groups in total. The lowest BCUT2D eigenvalue weighted by atomic mass is 9.88. The zero-order valence-electron chi connectivity index (χ0n) is 17.2. The van der Waals surface area contributed by atoms with Gasteiger partial charge in [0.1, 0.15) is 0 Å². The Bertz CT molecular complexity index is 1230. The molecule has 0 amide bonds. The molecule has 5 rings (SSSR count). The van der Waals surface area contributed by atoms with E-state index in [1.807, 2.05) is 24.3 Å². The number of nitrogens with one attached hydrogen (secondary N) is 1. The number of para-hydroxylation sites is 1. The van der Waals surface area contributed by atoms with Crippen LogP contribution in [0.15, 0.2) is 79.0 Å². The van der Waals surface area contributed by atoms with Crippen LogP contribution < -0.4 is 5.32 Å². The number of halogens is 4. The molecule has 0 radical (unpaired) electrons. The summed E-state index contributed by atoms with van der Waals surface area (Å²) in [6.45, 7) is 1.45. The van der Waals surface area contributed by atoms with E-state index in [9.17, 15) is 13.2 Å². The summed E-state index contributed by atoms with van der Waals surface area (Å²) in [5, 5.41) is 5.53. The Hall–Kier alpha value is -2.76. The lowest BCUT2D eigenvalue weighted by Crippen LogP contribution is -2.16. The summed E-state index contributed by atoms with van der Waals surface area (Å²) in [7, 11) is 0. The average molecular weight is 455 g/mol. The van der Waals surface area contributed by atoms with Gasteiger partial charge in [-0.2, -0.15) is 13.2 Å². The molecule has 0 spiro atoms. The average Bonchev–Trinajstić information content (AvgIpc) is 3.39. The monoisotopic (exact) mass is 454 g/mol. The number of benzene rings is 3. The zero-order valence-corrected chi connectivity index (χ0v) is 18.0. The summed E-state index contributed by atoms with van der Waals surface area (Å²) in [5.41, 5.74) is 3.77. The van der Waals surface area contributed by atoms with Gasteiger partial charge in [0.25, 0.3) is 0 Å². The van der Waals surface area contributed by atoms with Crippen molar-refractivity contribution in [1.29, 1.82) is 0 Å². The fourth-order valence-electron chi connectivity index (χ4n) is 4.76. The zero-order chi connectivity index (χ0) is 22.3. The molecule has 1 fully saturated rings. The van der Waals surface area contributed by atoms with Gasteiger partial charge in [-0.25, -0.2) is 0 Å². The Morgan fingerprint density at radius 1 is 0.938 bits per heavy atom. The molecule has 2 atom stereocenters. The molecule has 0 bridgehead atoms. The molecule has 2 unspecified atom stereocenters. The number of aromatic nitrogens is 1. The van der Waals surface area contributed by atoms with Crippen molar-refractivity contribution in [2.75, 3.05) is 6.54 Å². The number of hydrogen-bond acceptors (Lipinski definition) is 1. The molecular weight excluding hydrogens is 433 g/mol. The largest absolute Gasteiger partial charge is 0.416 e. The van der Waals surface area contributed by atoms with Crippen LogP contribution in [-0.2, 0) is 12.7 Å². The van der Waals surface area contributed by atoms with E-state index in [0.29, 0.717) is 12.5 Å². The van der Waals surface area contributed by atoms with Gasteiger partial charge in [0.2, 0.25) is 0 Å². The van der Waals surface area contributed by atoms with Crippen molar-refractivity contribution in [1.82, 2.24) is 9.88 Å². The van der Waals surface area contributed by atoms with Crippen molar-refractivity contribution in [2.24, 2.45) is 0 Å². The summed E-state index contributed by atoms with van der Waals surface area (Å²) in [6.07, 6.45) is -1.14. The Labute approximate surface area is 189 Å². The molecule has 1 aromatic heterocycles.